The van der Waals surface area contributed by atoms with Gasteiger partial charge in [0.15, 0.2) is 0 Å². The second-order valence-electron chi connectivity index (χ2n) is 13.3. The Morgan fingerprint density at radius 3 is 2.34 bits per heavy atom. The molecule has 1 atom stereocenters. The minimum Gasteiger partial charge on any atom is -0.368 e. The summed E-state index contributed by atoms with van der Waals surface area (Å²) >= 11 is 6.10. The molecule has 250 valence electrons. The van der Waals surface area contributed by atoms with Crippen molar-refractivity contribution < 1.29 is 22.8 Å². The van der Waals surface area contributed by atoms with Crippen molar-refractivity contribution in [2.45, 2.75) is 83.5 Å². The lowest BCUT2D eigenvalue weighted by atomic mass is 9.80. The molecule has 2 amide bonds. The number of carbonyl (C=O) groups is 2. The highest BCUT2D eigenvalue weighted by molar-refractivity contribution is 6.31. The Morgan fingerprint density at radius 1 is 1.02 bits per heavy atom. The average molecular weight is 671 g/mol. The second kappa shape index (κ2) is 13.0. The molecule has 3 aliphatic rings. The standard InChI is InChI=1S/C34H38ClF3N6O3/c1-18(2)40-28-10-22(30-25(12-23(35)13-27(30)36)32(46)43-16-34(37,38)17-43)11-29(41-28)42-31(45)26-9-20(14-39-19(3)21-5-4-6-21)15-44(33(26)47)24-7-8-24/h9-13,15,18-19,21,24,39H,4-8,14,16-17H2,1-3H3,(H2,40,41,42,45)/t19-/m0/s1. The smallest absolute Gasteiger partial charge is 0.282 e. The molecule has 2 aromatic heterocycles. The Balaban J connectivity index is 1.33. The maximum absolute atomic E-state index is 15.6. The number of hydrogen-bond acceptors (Lipinski definition) is 6. The predicted molar refractivity (Wildman–Crippen MR) is 175 cm³/mol. The van der Waals surface area contributed by atoms with E-state index in [1.54, 1.807) is 10.6 Å². The van der Waals surface area contributed by atoms with E-state index in [4.69, 9.17) is 11.6 Å². The number of rotatable bonds is 11. The molecule has 0 spiro atoms. The largest absolute Gasteiger partial charge is 0.368 e. The molecule has 3 fully saturated rings. The minimum atomic E-state index is -3.02. The van der Waals surface area contributed by atoms with Gasteiger partial charge in [0.25, 0.3) is 23.3 Å². The van der Waals surface area contributed by atoms with E-state index in [1.807, 2.05) is 20.0 Å². The third-order valence-corrected chi connectivity index (χ3v) is 9.20. The minimum absolute atomic E-state index is 0.00149. The zero-order valence-electron chi connectivity index (χ0n) is 26.5. The number of alkyl halides is 2. The lowest BCUT2D eigenvalue weighted by molar-refractivity contribution is -0.113. The number of carbonyl (C=O) groups excluding carboxylic acids is 2. The molecule has 0 bridgehead atoms. The fourth-order valence-corrected chi connectivity index (χ4v) is 6.29. The first-order valence-electron chi connectivity index (χ1n) is 16.0. The van der Waals surface area contributed by atoms with Crippen LogP contribution in [-0.4, -0.2) is 57.4 Å². The van der Waals surface area contributed by atoms with Crippen LogP contribution in [-0.2, 0) is 6.54 Å². The van der Waals surface area contributed by atoms with Crippen molar-refractivity contribution in [3.63, 3.8) is 0 Å². The molecule has 9 nitrogen and oxygen atoms in total. The average Bonchev–Trinajstić information content (AvgIpc) is 3.78. The third kappa shape index (κ3) is 7.33. The van der Waals surface area contributed by atoms with Crippen LogP contribution >= 0.6 is 11.6 Å². The molecule has 3 N–H and O–H groups in total. The van der Waals surface area contributed by atoms with Crippen molar-refractivity contribution in [1.82, 2.24) is 19.8 Å². The van der Waals surface area contributed by atoms with Crippen molar-refractivity contribution in [3.05, 3.63) is 74.4 Å². The Hall–Kier alpha value is -3.90. The number of pyridine rings is 2. The van der Waals surface area contributed by atoms with Crippen LogP contribution in [0.25, 0.3) is 11.1 Å². The number of nitrogens with zero attached hydrogens (tertiary/aromatic N) is 3. The normalized spacial score (nSPS) is 18.0. The van der Waals surface area contributed by atoms with Gasteiger partial charge in [-0.15, -0.1) is 0 Å². The van der Waals surface area contributed by atoms with Crippen molar-refractivity contribution in [3.8, 4) is 11.1 Å². The summed E-state index contributed by atoms with van der Waals surface area (Å²) in [5.74, 6) is -4.48. The summed E-state index contributed by atoms with van der Waals surface area (Å²) in [7, 11) is 0. The molecule has 47 heavy (non-hydrogen) atoms. The van der Waals surface area contributed by atoms with Gasteiger partial charge in [0.05, 0.1) is 18.7 Å². The molecule has 1 aromatic carbocycles. The molecule has 3 heterocycles. The maximum atomic E-state index is 15.6. The van der Waals surface area contributed by atoms with E-state index < -0.39 is 42.2 Å². The van der Waals surface area contributed by atoms with E-state index in [2.05, 4.69) is 27.9 Å². The number of nitrogens with one attached hydrogen (secondary N) is 3. The van der Waals surface area contributed by atoms with E-state index in [1.165, 1.54) is 37.5 Å². The first-order valence-corrected chi connectivity index (χ1v) is 16.4. The van der Waals surface area contributed by atoms with Crippen LogP contribution in [0, 0.1) is 11.7 Å². The van der Waals surface area contributed by atoms with Gasteiger partial charge in [-0.3, -0.25) is 14.4 Å². The molecule has 1 aliphatic heterocycles. The van der Waals surface area contributed by atoms with Gasteiger partial charge in [-0.1, -0.05) is 18.0 Å². The molecular weight excluding hydrogens is 633 g/mol. The lowest BCUT2D eigenvalue weighted by Crippen LogP contribution is -2.58. The number of hydrogen-bond donors (Lipinski definition) is 3. The monoisotopic (exact) mass is 670 g/mol. The lowest BCUT2D eigenvalue weighted by Gasteiger charge is -2.39. The molecule has 0 unspecified atom stereocenters. The molecule has 3 aromatic rings. The van der Waals surface area contributed by atoms with Crippen LogP contribution < -0.4 is 21.5 Å². The maximum Gasteiger partial charge on any atom is 0.282 e. The van der Waals surface area contributed by atoms with Gasteiger partial charge in [0, 0.05) is 41.5 Å². The fraction of sp³-hybridized carbons (Fsp3) is 0.471. The van der Waals surface area contributed by atoms with Crippen molar-refractivity contribution in [2.24, 2.45) is 5.92 Å². The first kappa shape index (κ1) is 33.0. The van der Waals surface area contributed by atoms with Crippen molar-refractivity contribution >= 4 is 35.1 Å². The van der Waals surface area contributed by atoms with Crippen LogP contribution in [0.5, 0.6) is 0 Å². The Bertz CT molecular complexity index is 1760. The summed E-state index contributed by atoms with van der Waals surface area (Å²) in [6.45, 7) is 4.79. The Labute approximate surface area is 275 Å². The van der Waals surface area contributed by atoms with Gasteiger partial charge in [-0.05, 0) is 93.8 Å². The number of aromatic nitrogens is 2. The van der Waals surface area contributed by atoms with E-state index >= 15 is 4.39 Å². The molecule has 13 heteroatoms. The number of benzene rings is 1. The summed E-state index contributed by atoms with van der Waals surface area (Å²) in [6, 6.07) is 6.96. The number of amides is 2. The fourth-order valence-electron chi connectivity index (χ4n) is 6.08. The molecule has 0 radical (unpaired) electrons. The van der Waals surface area contributed by atoms with Crippen molar-refractivity contribution in [1.29, 1.82) is 0 Å². The first-order chi connectivity index (χ1) is 22.3. The van der Waals surface area contributed by atoms with Crippen LogP contribution in [0.3, 0.4) is 0 Å². The highest BCUT2D eigenvalue weighted by atomic mass is 35.5. The zero-order valence-corrected chi connectivity index (χ0v) is 27.3. The summed E-state index contributed by atoms with van der Waals surface area (Å²) in [6.07, 6.45) is 7.13. The molecule has 6 rings (SSSR count). The van der Waals surface area contributed by atoms with Crippen LogP contribution in [0.4, 0.5) is 24.8 Å². The number of anilines is 2. The topological polar surface area (TPSA) is 108 Å². The van der Waals surface area contributed by atoms with Gasteiger partial charge < -0.3 is 25.4 Å². The summed E-state index contributed by atoms with van der Waals surface area (Å²) < 4.78 is 44.4. The SMILES string of the molecule is CC(C)Nc1cc(-c2c(F)cc(Cl)cc2C(=O)N2CC(F)(F)C2)cc(NC(=O)c2cc(CN[C@@H](C)C3CCC3)cn(C3CC3)c2=O)n1. The Kier molecular flexibility index (Phi) is 9.10. The van der Waals surface area contributed by atoms with Gasteiger partial charge >= 0.3 is 0 Å². The second-order valence-corrected chi connectivity index (χ2v) is 13.7. The summed E-state index contributed by atoms with van der Waals surface area (Å²) in [5, 5.41) is 9.29. The van der Waals surface area contributed by atoms with E-state index in [0.717, 1.165) is 29.4 Å². The van der Waals surface area contributed by atoms with Gasteiger partial charge in [0.2, 0.25) is 0 Å². The van der Waals surface area contributed by atoms with E-state index in [-0.39, 0.29) is 51.0 Å². The summed E-state index contributed by atoms with van der Waals surface area (Å²) in [4.78, 5) is 45.8. The number of halogens is 4. The molecule has 2 saturated carbocycles. The predicted octanol–water partition coefficient (Wildman–Crippen LogP) is 6.48. The highest BCUT2D eigenvalue weighted by Gasteiger charge is 2.47. The highest BCUT2D eigenvalue weighted by Crippen LogP contribution is 2.37. The van der Waals surface area contributed by atoms with Crippen LogP contribution in [0.1, 0.15) is 85.2 Å². The van der Waals surface area contributed by atoms with Crippen molar-refractivity contribution in [2.75, 3.05) is 23.7 Å². The zero-order chi connectivity index (χ0) is 33.6. The number of likely N-dealkylation sites (tertiary alicyclic amines) is 1. The van der Waals surface area contributed by atoms with Gasteiger partial charge in [0.1, 0.15) is 23.0 Å². The van der Waals surface area contributed by atoms with Gasteiger partial charge in [-0.25, -0.2) is 18.2 Å². The quantitative estimate of drug-likeness (QED) is 0.216. The Morgan fingerprint density at radius 2 is 1.72 bits per heavy atom. The molecule has 2 aliphatic carbocycles. The van der Waals surface area contributed by atoms with E-state index in [9.17, 15) is 23.2 Å². The molecule has 1 saturated heterocycles. The molecular formula is C34H38ClF3N6O3. The van der Waals surface area contributed by atoms with E-state index in [0.29, 0.717) is 18.5 Å². The summed E-state index contributed by atoms with van der Waals surface area (Å²) in [5.41, 5.74) is 0.115. The van der Waals surface area contributed by atoms with Gasteiger partial charge in [-0.2, -0.15) is 0 Å². The van der Waals surface area contributed by atoms with Crippen LogP contribution in [0.15, 0.2) is 41.3 Å². The third-order valence-electron chi connectivity index (χ3n) is 8.98. The van der Waals surface area contributed by atoms with Crippen LogP contribution in [0.2, 0.25) is 5.02 Å².